The number of hydrogen-bond acceptors (Lipinski definition) is 3. The van der Waals surface area contributed by atoms with Crippen molar-refractivity contribution in [1.29, 1.82) is 0 Å². The van der Waals surface area contributed by atoms with Crippen LogP contribution in [0.5, 0.6) is 0 Å². The van der Waals surface area contributed by atoms with Crippen LogP contribution in [0.4, 0.5) is 5.82 Å². The maximum absolute atomic E-state index is 5.63. The summed E-state index contributed by atoms with van der Waals surface area (Å²) in [6, 6.07) is 4.01. The molecule has 0 amide bonds. The average Bonchev–Trinajstić information content (AvgIpc) is 2.45. The molecule has 1 spiro atoms. The van der Waals surface area contributed by atoms with Crippen LogP contribution in [0.2, 0.25) is 0 Å². The summed E-state index contributed by atoms with van der Waals surface area (Å²) in [5.74, 6) is 0.614. The molecule has 2 N–H and O–H groups in total. The molecule has 0 bridgehead atoms. The molecule has 2 aliphatic rings. The second kappa shape index (κ2) is 5.49. The number of nitrogen functional groups attached to an aromatic ring is 1. The number of anilines is 1. The monoisotopic (exact) mass is 259 g/mol. The lowest BCUT2D eigenvalue weighted by atomic mass is 9.68. The van der Waals surface area contributed by atoms with Crippen molar-refractivity contribution >= 4 is 5.82 Å². The van der Waals surface area contributed by atoms with E-state index >= 15 is 0 Å². The maximum atomic E-state index is 5.63. The molecule has 1 aliphatic heterocycles. The van der Waals surface area contributed by atoms with Crippen LogP contribution in [-0.4, -0.2) is 23.0 Å². The van der Waals surface area contributed by atoms with Crippen molar-refractivity contribution in [3.05, 3.63) is 23.9 Å². The molecule has 0 atom stereocenters. The van der Waals surface area contributed by atoms with Crippen LogP contribution < -0.4 is 5.73 Å². The van der Waals surface area contributed by atoms with Crippen LogP contribution in [0.15, 0.2) is 18.3 Å². The summed E-state index contributed by atoms with van der Waals surface area (Å²) >= 11 is 0. The van der Waals surface area contributed by atoms with Gasteiger partial charge in [0.2, 0.25) is 0 Å². The Labute approximate surface area is 116 Å². The Balaban J connectivity index is 1.54. The highest BCUT2D eigenvalue weighted by molar-refractivity contribution is 5.29. The van der Waals surface area contributed by atoms with Gasteiger partial charge in [-0.1, -0.05) is 25.3 Å². The van der Waals surface area contributed by atoms with E-state index < -0.39 is 0 Å². The van der Waals surface area contributed by atoms with Gasteiger partial charge in [-0.05, 0) is 55.8 Å². The van der Waals surface area contributed by atoms with E-state index in [1.165, 1.54) is 63.6 Å². The number of nitrogens with two attached hydrogens (primary N) is 1. The van der Waals surface area contributed by atoms with Crippen LogP contribution in [0.25, 0.3) is 0 Å². The number of piperidine rings is 1. The molecule has 3 rings (SSSR count). The summed E-state index contributed by atoms with van der Waals surface area (Å²) < 4.78 is 0. The largest absolute Gasteiger partial charge is 0.384 e. The molecular weight excluding hydrogens is 234 g/mol. The van der Waals surface area contributed by atoms with Gasteiger partial charge in [0.05, 0.1) is 0 Å². The minimum atomic E-state index is 0.614. The zero-order chi connectivity index (χ0) is 13.1. The zero-order valence-electron chi connectivity index (χ0n) is 11.8. The van der Waals surface area contributed by atoms with Crippen molar-refractivity contribution in [2.75, 3.05) is 18.8 Å². The van der Waals surface area contributed by atoms with Gasteiger partial charge in [0.25, 0.3) is 0 Å². The first kappa shape index (κ1) is 12.9. The smallest absolute Gasteiger partial charge is 0.123 e. The van der Waals surface area contributed by atoms with Gasteiger partial charge >= 0.3 is 0 Å². The molecule has 0 unspecified atom stereocenters. The van der Waals surface area contributed by atoms with E-state index in [9.17, 15) is 0 Å². The van der Waals surface area contributed by atoms with Crippen LogP contribution in [-0.2, 0) is 6.54 Å². The number of hydrogen-bond donors (Lipinski definition) is 1. The lowest BCUT2D eigenvalue weighted by Gasteiger charge is -2.44. The number of aromatic nitrogens is 1. The third kappa shape index (κ3) is 3.08. The van der Waals surface area contributed by atoms with Gasteiger partial charge in [-0.2, -0.15) is 0 Å². The topological polar surface area (TPSA) is 42.1 Å². The zero-order valence-corrected chi connectivity index (χ0v) is 11.8. The molecular formula is C16H25N3. The van der Waals surface area contributed by atoms with E-state index in [0.29, 0.717) is 11.2 Å². The number of pyridine rings is 1. The van der Waals surface area contributed by atoms with E-state index in [0.717, 1.165) is 6.54 Å². The van der Waals surface area contributed by atoms with Crippen LogP contribution >= 0.6 is 0 Å². The predicted octanol–water partition coefficient (Wildman–Crippen LogP) is 3.21. The van der Waals surface area contributed by atoms with Gasteiger partial charge in [-0.15, -0.1) is 0 Å². The minimum absolute atomic E-state index is 0.614. The van der Waals surface area contributed by atoms with Crippen LogP contribution in [0, 0.1) is 5.41 Å². The van der Waals surface area contributed by atoms with Crippen molar-refractivity contribution < 1.29 is 0 Å². The third-order valence-electron chi connectivity index (χ3n) is 5.08. The van der Waals surface area contributed by atoms with E-state index in [-0.39, 0.29) is 0 Å². The Morgan fingerprint density at radius 2 is 1.79 bits per heavy atom. The fraction of sp³-hybridized carbons (Fsp3) is 0.688. The SMILES string of the molecule is Nc1ccc(CN2CCC3(CCCCC3)CC2)cn1. The summed E-state index contributed by atoms with van der Waals surface area (Å²) in [6.07, 6.45) is 12.0. The highest BCUT2D eigenvalue weighted by Crippen LogP contribution is 2.44. The second-order valence-electron chi connectivity index (χ2n) is 6.43. The fourth-order valence-electron chi connectivity index (χ4n) is 3.77. The van der Waals surface area contributed by atoms with E-state index in [1.807, 2.05) is 12.3 Å². The minimum Gasteiger partial charge on any atom is -0.384 e. The van der Waals surface area contributed by atoms with Crippen molar-refractivity contribution in [2.45, 2.75) is 51.5 Å². The fourth-order valence-corrected chi connectivity index (χ4v) is 3.77. The molecule has 1 aromatic heterocycles. The standard InChI is InChI=1S/C16H25N3/c17-15-5-4-14(12-18-15)13-19-10-8-16(9-11-19)6-2-1-3-7-16/h4-5,12H,1-3,6-11,13H2,(H2,17,18). The molecule has 0 aromatic carbocycles. The number of likely N-dealkylation sites (tertiary alicyclic amines) is 1. The van der Waals surface area contributed by atoms with E-state index in [4.69, 9.17) is 5.73 Å². The summed E-state index contributed by atoms with van der Waals surface area (Å²) in [5.41, 5.74) is 7.62. The number of rotatable bonds is 2. The molecule has 1 aliphatic carbocycles. The lowest BCUT2D eigenvalue weighted by Crippen LogP contribution is -2.40. The molecule has 1 saturated carbocycles. The first-order chi connectivity index (χ1) is 9.26. The predicted molar refractivity (Wildman–Crippen MR) is 78.7 cm³/mol. The van der Waals surface area contributed by atoms with Gasteiger partial charge in [-0.3, -0.25) is 4.90 Å². The highest BCUT2D eigenvalue weighted by atomic mass is 15.1. The Hall–Kier alpha value is -1.09. The summed E-state index contributed by atoms with van der Waals surface area (Å²) in [4.78, 5) is 6.76. The van der Waals surface area contributed by atoms with Gasteiger partial charge < -0.3 is 5.73 Å². The van der Waals surface area contributed by atoms with E-state index in [2.05, 4.69) is 16.0 Å². The second-order valence-corrected chi connectivity index (χ2v) is 6.43. The summed E-state index contributed by atoms with van der Waals surface area (Å²) in [5, 5.41) is 0. The van der Waals surface area contributed by atoms with Crippen molar-refractivity contribution in [1.82, 2.24) is 9.88 Å². The quantitative estimate of drug-likeness (QED) is 0.886. The summed E-state index contributed by atoms with van der Waals surface area (Å²) in [6.45, 7) is 3.54. The molecule has 1 saturated heterocycles. The highest BCUT2D eigenvalue weighted by Gasteiger charge is 2.35. The van der Waals surface area contributed by atoms with Gasteiger partial charge in [0, 0.05) is 12.7 Å². The Morgan fingerprint density at radius 1 is 1.05 bits per heavy atom. The molecule has 104 valence electrons. The van der Waals surface area contributed by atoms with Gasteiger partial charge in [0.15, 0.2) is 0 Å². The Bertz CT molecular complexity index is 397. The molecule has 1 aromatic rings. The normalized spacial score (nSPS) is 23.6. The molecule has 0 radical (unpaired) electrons. The molecule has 2 fully saturated rings. The van der Waals surface area contributed by atoms with Crippen LogP contribution in [0.1, 0.15) is 50.5 Å². The molecule has 19 heavy (non-hydrogen) atoms. The van der Waals surface area contributed by atoms with Gasteiger partial charge in [0.1, 0.15) is 5.82 Å². The third-order valence-corrected chi connectivity index (χ3v) is 5.08. The Kier molecular flexibility index (Phi) is 3.74. The molecule has 3 nitrogen and oxygen atoms in total. The first-order valence-electron chi connectivity index (χ1n) is 7.69. The lowest BCUT2D eigenvalue weighted by molar-refractivity contribution is 0.0641. The van der Waals surface area contributed by atoms with Crippen molar-refractivity contribution in [3.8, 4) is 0 Å². The molecule has 3 heteroatoms. The maximum Gasteiger partial charge on any atom is 0.123 e. The number of nitrogens with zero attached hydrogens (tertiary/aromatic N) is 2. The molecule has 2 heterocycles. The first-order valence-corrected chi connectivity index (χ1v) is 7.69. The summed E-state index contributed by atoms with van der Waals surface area (Å²) in [7, 11) is 0. The van der Waals surface area contributed by atoms with Gasteiger partial charge in [-0.25, -0.2) is 4.98 Å². The Morgan fingerprint density at radius 3 is 2.42 bits per heavy atom. The van der Waals surface area contributed by atoms with E-state index in [1.54, 1.807) is 0 Å². The average molecular weight is 259 g/mol. The van der Waals surface area contributed by atoms with Crippen molar-refractivity contribution in [3.63, 3.8) is 0 Å². The van der Waals surface area contributed by atoms with Crippen molar-refractivity contribution in [2.24, 2.45) is 5.41 Å². The van der Waals surface area contributed by atoms with Crippen LogP contribution in [0.3, 0.4) is 0 Å².